The summed E-state index contributed by atoms with van der Waals surface area (Å²) in [6, 6.07) is 6.48. The van der Waals surface area contributed by atoms with Gasteiger partial charge < -0.3 is 15.2 Å². The number of primary amides is 1. The molecule has 2 N–H and O–H groups in total. The van der Waals surface area contributed by atoms with Crippen LogP contribution in [0.5, 0.6) is 0 Å². The Morgan fingerprint density at radius 3 is 2.58 bits per heavy atom. The SMILES string of the molecule is NC(=O)C1CCN(C(=O)Cn2ccc(=O)c3cc(Cl)ccc32)CC1. The van der Waals surface area contributed by atoms with Gasteiger partial charge in [-0.25, -0.2) is 0 Å². The van der Waals surface area contributed by atoms with Crippen molar-refractivity contribution in [1.82, 2.24) is 9.47 Å². The number of halogens is 1. The number of likely N-dealkylation sites (tertiary alicyclic amines) is 1. The second kappa shape index (κ2) is 6.65. The molecule has 1 fully saturated rings. The van der Waals surface area contributed by atoms with Crippen LogP contribution in [0.3, 0.4) is 0 Å². The fraction of sp³-hybridized carbons (Fsp3) is 0.353. The van der Waals surface area contributed by atoms with Gasteiger partial charge in [0.1, 0.15) is 6.54 Å². The highest BCUT2D eigenvalue weighted by molar-refractivity contribution is 6.31. The van der Waals surface area contributed by atoms with E-state index in [4.69, 9.17) is 17.3 Å². The standard InChI is InChI=1S/C17H18ClN3O3/c18-12-1-2-14-13(9-12)15(22)5-8-21(14)10-16(23)20-6-3-11(4-7-20)17(19)24/h1-2,5,8-9,11H,3-4,6-7,10H2,(H2,19,24). The van der Waals surface area contributed by atoms with Crippen LogP contribution in [0.1, 0.15) is 12.8 Å². The highest BCUT2D eigenvalue weighted by Gasteiger charge is 2.25. The fourth-order valence-corrected chi connectivity index (χ4v) is 3.25. The zero-order chi connectivity index (χ0) is 17.3. The number of carbonyl (C=O) groups is 2. The van der Waals surface area contributed by atoms with Gasteiger partial charge in [0, 0.05) is 41.7 Å². The Bertz CT molecular complexity index is 854. The van der Waals surface area contributed by atoms with Gasteiger partial charge in [-0.1, -0.05) is 11.6 Å². The quantitative estimate of drug-likeness (QED) is 0.910. The Morgan fingerprint density at radius 1 is 1.21 bits per heavy atom. The van der Waals surface area contributed by atoms with Crippen molar-refractivity contribution in [2.45, 2.75) is 19.4 Å². The summed E-state index contributed by atoms with van der Waals surface area (Å²) in [4.78, 5) is 37.4. The lowest BCUT2D eigenvalue weighted by atomic mass is 9.96. The minimum absolute atomic E-state index is 0.0437. The molecule has 1 aliphatic rings. The maximum absolute atomic E-state index is 12.5. The number of pyridine rings is 1. The van der Waals surface area contributed by atoms with Crippen molar-refractivity contribution in [3.05, 3.63) is 45.7 Å². The second-order valence-electron chi connectivity index (χ2n) is 6.03. The first kappa shape index (κ1) is 16.5. The predicted octanol–water partition coefficient (Wildman–Crippen LogP) is 1.38. The Labute approximate surface area is 143 Å². The van der Waals surface area contributed by atoms with Crippen molar-refractivity contribution in [2.75, 3.05) is 13.1 Å². The van der Waals surface area contributed by atoms with Crippen LogP contribution in [0.2, 0.25) is 5.02 Å². The van der Waals surface area contributed by atoms with Gasteiger partial charge in [-0.2, -0.15) is 0 Å². The van der Waals surface area contributed by atoms with E-state index < -0.39 is 0 Å². The van der Waals surface area contributed by atoms with E-state index in [2.05, 4.69) is 0 Å². The number of aromatic nitrogens is 1. The number of hydrogen-bond donors (Lipinski definition) is 1. The summed E-state index contributed by atoms with van der Waals surface area (Å²) >= 11 is 5.95. The summed E-state index contributed by atoms with van der Waals surface area (Å²) in [5.74, 6) is -0.493. The van der Waals surface area contributed by atoms with Crippen LogP contribution >= 0.6 is 11.6 Å². The number of amides is 2. The molecule has 1 saturated heterocycles. The highest BCUT2D eigenvalue weighted by Crippen LogP contribution is 2.19. The Balaban J connectivity index is 1.78. The fourth-order valence-electron chi connectivity index (χ4n) is 3.08. The predicted molar refractivity (Wildman–Crippen MR) is 91.7 cm³/mol. The molecule has 1 aromatic carbocycles. The van der Waals surface area contributed by atoms with Crippen LogP contribution in [-0.2, 0) is 16.1 Å². The number of nitrogens with zero attached hydrogens (tertiary/aromatic N) is 2. The number of hydrogen-bond acceptors (Lipinski definition) is 3. The van der Waals surface area contributed by atoms with Crippen LogP contribution in [0.15, 0.2) is 35.3 Å². The van der Waals surface area contributed by atoms with E-state index in [0.717, 1.165) is 0 Å². The number of carbonyl (C=O) groups excluding carboxylic acids is 2. The number of fused-ring (bicyclic) bond motifs is 1. The number of benzene rings is 1. The Hall–Kier alpha value is -2.34. The molecule has 0 radical (unpaired) electrons. The average molecular weight is 348 g/mol. The van der Waals surface area contributed by atoms with Crippen LogP contribution in [0.4, 0.5) is 0 Å². The molecular formula is C17H18ClN3O3. The van der Waals surface area contributed by atoms with E-state index in [1.165, 1.54) is 6.07 Å². The topological polar surface area (TPSA) is 85.4 Å². The molecule has 7 heteroatoms. The summed E-state index contributed by atoms with van der Waals surface area (Å²) in [6.45, 7) is 1.19. The van der Waals surface area contributed by atoms with E-state index in [1.807, 2.05) is 0 Å². The monoisotopic (exact) mass is 347 g/mol. The summed E-state index contributed by atoms with van der Waals surface area (Å²) in [5.41, 5.74) is 5.86. The Kier molecular flexibility index (Phi) is 4.57. The smallest absolute Gasteiger partial charge is 0.242 e. The molecule has 24 heavy (non-hydrogen) atoms. The zero-order valence-corrected chi connectivity index (χ0v) is 13.8. The number of rotatable bonds is 3. The molecule has 0 saturated carbocycles. The van der Waals surface area contributed by atoms with Gasteiger partial charge >= 0.3 is 0 Å². The maximum Gasteiger partial charge on any atom is 0.242 e. The highest BCUT2D eigenvalue weighted by atomic mass is 35.5. The van der Waals surface area contributed by atoms with Crippen molar-refractivity contribution >= 4 is 34.3 Å². The van der Waals surface area contributed by atoms with E-state index in [0.29, 0.717) is 41.9 Å². The third kappa shape index (κ3) is 3.28. The molecular weight excluding hydrogens is 330 g/mol. The molecule has 126 valence electrons. The molecule has 0 atom stereocenters. The van der Waals surface area contributed by atoms with Gasteiger partial charge in [0.05, 0.1) is 5.52 Å². The normalized spacial score (nSPS) is 15.6. The number of piperidine rings is 1. The van der Waals surface area contributed by atoms with Crippen molar-refractivity contribution in [3.63, 3.8) is 0 Å². The lowest BCUT2D eigenvalue weighted by Gasteiger charge is -2.31. The minimum atomic E-state index is -0.301. The lowest BCUT2D eigenvalue weighted by molar-refractivity contribution is -0.135. The molecule has 2 heterocycles. The second-order valence-corrected chi connectivity index (χ2v) is 6.46. The summed E-state index contributed by atoms with van der Waals surface area (Å²) in [6.07, 6.45) is 2.82. The largest absolute Gasteiger partial charge is 0.369 e. The van der Waals surface area contributed by atoms with E-state index in [-0.39, 0.29) is 29.7 Å². The van der Waals surface area contributed by atoms with Crippen molar-refractivity contribution in [3.8, 4) is 0 Å². The van der Waals surface area contributed by atoms with Crippen LogP contribution in [0.25, 0.3) is 10.9 Å². The Morgan fingerprint density at radius 2 is 1.92 bits per heavy atom. The van der Waals surface area contributed by atoms with Gasteiger partial charge in [-0.15, -0.1) is 0 Å². The third-order valence-corrected chi connectivity index (χ3v) is 4.73. The molecule has 2 amide bonds. The third-order valence-electron chi connectivity index (χ3n) is 4.49. The van der Waals surface area contributed by atoms with Gasteiger partial charge in [-0.3, -0.25) is 14.4 Å². The molecule has 0 spiro atoms. The van der Waals surface area contributed by atoms with Crippen molar-refractivity contribution < 1.29 is 9.59 Å². The molecule has 6 nitrogen and oxygen atoms in total. The molecule has 1 aliphatic heterocycles. The summed E-state index contributed by atoms with van der Waals surface area (Å²) in [7, 11) is 0. The first-order chi connectivity index (χ1) is 11.5. The molecule has 2 aromatic rings. The molecule has 0 aliphatic carbocycles. The number of nitrogens with two attached hydrogens (primary N) is 1. The molecule has 1 aromatic heterocycles. The first-order valence-electron chi connectivity index (χ1n) is 7.81. The van der Waals surface area contributed by atoms with Crippen LogP contribution in [-0.4, -0.2) is 34.4 Å². The zero-order valence-electron chi connectivity index (χ0n) is 13.1. The molecule has 3 rings (SSSR count). The van der Waals surface area contributed by atoms with Gasteiger partial charge in [0.25, 0.3) is 0 Å². The summed E-state index contributed by atoms with van der Waals surface area (Å²) < 4.78 is 1.75. The summed E-state index contributed by atoms with van der Waals surface area (Å²) in [5, 5.41) is 0.974. The average Bonchev–Trinajstić information content (AvgIpc) is 2.57. The van der Waals surface area contributed by atoms with Crippen molar-refractivity contribution in [1.29, 1.82) is 0 Å². The first-order valence-corrected chi connectivity index (χ1v) is 8.19. The van der Waals surface area contributed by atoms with Gasteiger partial charge in [0.2, 0.25) is 11.8 Å². The van der Waals surface area contributed by atoms with E-state index in [1.54, 1.807) is 33.9 Å². The van der Waals surface area contributed by atoms with E-state index >= 15 is 0 Å². The van der Waals surface area contributed by atoms with Crippen molar-refractivity contribution in [2.24, 2.45) is 11.7 Å². The maximum atomic E-state index is 12.5. The van der Waals surface area contributed by atoms with Gasteiger partial charge in [-0.05, 0) is 31.0 Å². The van der Waals surface area contributed by atoms with Gasteiger partial charge in [0.15, 0.2) is 5.43 Å². The van der Waals surface area contributed by atoms with E-state index in [9.17, 15) is 14.4 Å². The lowest BCUT2D eigenvalue weighted by Crippen LogP contribution is -2.43. The van der Waals surface area contributed by atoms with Crippen LogP contribution < -0.4 is 11.2 Å². The molecule has 0 bridgehead atoms. The minimum Gasteiger partial charge on any atom is -0.369 e. The van der Waals surface area contributed by atoms with Crippen LogP contribution in [0, 0.1) is 5.92 Å². The molecule has 0 unspecified atom stereocenters.